The number of carbonyl (C=O) groups excluding carboxylic acids is 2. The number of carbonyl (C=O) groups is 2. The third-order valence-corrected chi connectivity index (χ3v) is 7.34. The van der Waals surface area contributed by atoms with Crippen LogP contribution in [0.25, 0.3) is 0 Å². The van der Waals surface area contributed by atoms with Crippen molar-refractivity contribution in [3.8, 4) is 11.5 Å². The summed E-state index contributed by atoms with van der Waals surface area (Å²) in [6.07, 6.45) is 0.633. The van der Waals surface area contributed by atoms with Gasteiger partial charge in [0.25, 0.3) is 5.91 Å². The molecular weight excluding hydrogens is 556 g/mol. The quantitative estimate of drug-likeness (QED) is 0.274. The number of aryl methyl sites for hydroxylation is 1. The molecule has 3 aromatic rings. The van der Waals surface area contributed by atoms with Crippen molar-refractivity contribution in [2.75, 3.05) is 47.6 Å². The number of thiophene rings is 1. The lowest BCUT2D eigenvalue weighted by molar-refractivity contribution is -0.132. The van der Waals surface area contributed by atoms with E-state index in [-0.39, 0.29) is 18.4 Å². The number of hydrogen-bond donors (Lipinski definition) is 0. The molecule has 0 saturated heterocycles. The Hall–Kier alpha value is -2.88. The van der Waals surface area contributed by atoms with Gasteiger partial charge in [0.05, 0.1) is 27.4 Å². The zero-order valence-corrected chi connectivity index (χ0v) is 24.1. The van der Waals surface area contributed by atoms with Crippen molar-refractivity contribution in [3.63, 3.8) is 0 Å². The van der Waals surface area contributed by atoms with E-state index in [1.807, 2.05) is 48.2 Å². The largest absolute Gasteiger partial charge is 0.493 e. The molecule has 37 heavy (non-hydrogen) atoms. The monoisotopic (exact) mass is 588 g/mol. The van der Waals surface area contributed by atoms with Gasteiger partial charge in [-0.1, -0.05) is 28.1 Å². The van der Waals surface area contributed by atoms with Crippen LogP contribution in [0.5, 0.6) is 11.5 Å². The predicted molar refractivity (Wildman–Crippen MR) is 150 cm³/mol. The Morgan fingerprint density at radius 2 is 1.70 bits per heavy atom. The van der Waals surface area contributed by atoms with Crippen molar-refractivity contribution in [2.45, 2.75) is 19.9 Å². The van der Waals surface area contributed by atoms with Crippen LogP contribution in [-0.4, -0.2) is 69.2 Å². The summed E-state index contributed by atoms with van der Waals surface area (Å²) in [6, 6.07) is 17.1. The van der Waals surface area contributed by atoms with Crippen LogP contribution in [0.3, 0.4) is 0 Å². The van der Waals surface area contributed by atoms with Crippen LogP contribution >= 0.6 is 27.3 Å². The molecule has 0 aliphatic carbocycles. The van der Waals surface area contributed by atoms with E-state index in [0.717, 1.165) is 14.9 Å². The van der Waals surface area contributed by atoms with Gasteiger partial charge in [0.2, 0.25) is 5.91 Å². The highest BCUT2D eigenvalue weighted by atomic mass is 79.9. The smallest absolute Gasteiger partial charge is 0.254 e. The van der Waals surface area contributed by atoms with Crippen molar-refractivity contribution in [1.82, 2.24) is 9.80 Å². The summed E-state index contributed by atoms with van der Waals surface area (Å²) < 4.78 is 16.8. The Kier molecular flexibility index (Phi) is 11.0. The molecule has 198 valence electrons. The van der Waals surface area contributed by atoms with Crippen LogP contribution < -0.4 is 9.47 Å². The molecule has 9 heteroatoms. The van der Waals surface area contributed by atoms with Crippen molar-refractivity contribution >= 4 is 39.1 Å². The van der Waals surface area contributed by atoms with Gasteiger partial charge in [-0.3, -0.25) is 9.59 Å². The first-order chi connectivity index (χ1) is 17.8. The highest BCUT2D eigenvalue weighted by Crippen LogP contribution is 2.28. The topological polar surface area (TPSA) is 68.3 Å². The maximum absolute atomic E-state index is 13.6. The number of ether oxygens (including phenoxy) is 3. The molecule has 0 fully saturated rings. The fourth-order valence-electron chi connectivity index (χ4n) is 3.87. The van der Waals surface area contributed by atoms with Gasteiger partial charge in [-0.2, -0.15) is 0 Å². The fourth-order valence-corrected chi connectivity index (χ4v) is 5.18. The van der Waals surface area contributed by atoms with Gasteiger partial charge in [0, 0.05) is 40.0 Å². The van der Waals surface area contributed by atoms with Crippen molar-refractivity contribution in [1.29, 1.82) is 0 Å². The summed E-state index contributed by atoms with van der Waals surface area (Å²) in [5.74, 6) is 0.981. The number of halogens is 1. The first-order valence-corrected chi connectivity index (χ1v) is 13.5. The first-order valence-electron chi connectivity index (χ1n) is 11.9. The van der Waals surface area contributed by atoms with E-state index < -0.39 is 0 Å². The van der Waals surface area contributed by atoms with Crippen LogP contribution in [0.2, 0.25) is 0 Å². The zero-order valence-electron chi connectivity index (χ0n) is 21.7. The van der Waals surface area contributed by atoms with E-state index >= 15 is 0 Å². The predicted octanol–water partition coefficient (Wildman–Crippen LogP) is 5.20. The molecule has 0 radical (unpaired) electrons. The number of nitrogens with zero attached hydrogens (tertiary/aromatic N) is 2. The normalized spacial score (nSPS) is 10.7. The van der Waals surface area contributed by atoms with Crippen LogP contribution in [0.4, 0.5) is 0 Å². The maximum atomic E-state index is 13.6. The third-order valence-electron chi connectivity index (χ3n) is 5.86. The minimum atomic E-state index is -0.210. The Balaban J connectivity index is 1.79. The van der Waals surface area contributed by atoms with Crippen molar-refractivity contribution in [2.24, 2.45) is 0 Å². The second-order valence-corrected chi connectivity index (χ2v) is 10.8. The minimum Gasteiger partial charge on any atom is -0.493 e. The van der Waals surface area contributed by atoms with Gasteiger partial charge in [0.1, 0.15) is 6.54 Å². The van der Waals surface area contributed by atoms with E-state index in [1.54, 1.807) is 49.7 Å². The molecule has 0 unspecified atom stereocenters. The summed E-state index contributed by atoms with van der Waals surface area (Å²) in [5, 5.41) is 0. The first kappa shape index (κ1) is 28.7. The molecule has 0 saturated carbocycles. The third kappa shape index (κ3) is 8.31. The van der Waals surface area contributed by atoms with Gasteiger partial charge in [-0.25, -0.2) is 0 Å². The van der Waals surface area contributed by atoms with Gasteiger partial charge >= 0.3 is 0 Å². The van der Waals surface area contributed by atoms with E-state index in [4.69, 9.17) is 14.2 Å². The van der Waals surface area contributed by atoms with Crippen LogP contribution in [0, 0.1) is 6.92 Å². The Labute approximate surface area is 231 Å². The maximum Gasteiger partial charge on any atom is 0.254 e. The average molecular weight is 590 g/mol. The second-order valence-electron chi connectivity index (χ2n) is 8.50. The SMILES string of the molecule is COCCN(CC(=O)N(CCc1ccc(OC)c(OC)c1)Cc1ccc(C)s1)C(=O)c1cccc(Br)c1. The fraction of sp³-hybridized carbons (Fsp3) is 0.357. The summed E-state index contributed by atoms with van der Waals surface area (Å²) in [6.45, 7) is 3.64. The number of methoxy groups -OCH3 is 3. The lowest BCUT2D eigenvalue weighted by atomic mass is 10.1. The van der Waals surface area contributed by atoms with E-state index in [0.29, 0.717) is 49.7 Å². The Morgan fingerprint density at radius 1 is 0.919 bits per heavy atom. The average Bonchev–Trinajstić information content (AvgIpc) is 3.32. The van der Waals surface area contributed by atoms with Crippen molar-refractivity contribution < 1.29 is 23.8 Å². The van der Waals surface area contributed by atoms with Crippen LogP contribution in [0.15, 0.2) is 59.1 Å². The number of hydrogen-bond acceptors (Lipinski definition) is 6. The number of amides is 2. The molecule has 1 aromatic heterocycles. The molecule has 0 spiro atoms. The summed E-state index contributed by atoms with van der Waals surface area (Å²) in [5.41, 5.74) is 1.54. The molecule has 0 aliphatic heterocycles. The van der Waals surface area contributed by atoms with E-state index in [2.05, 4.69) is 22.0 Å². The lowest BCUT2D eigenvalue weighted by Gasteiger charge is -2.28. The van der Waals surface area contributed by atoms with E-state index in [1.165, 1.54) is 4.88 Å². The highest BCUT2D eigenvalue weighted by Gasteiger charge is 2.23. The molecule has 3 rings (SSSR count). The van der Waals surface area contributed by atoms with Crippen molar-refractivity contribution in [3.05, 3.63) is 80.0 Å². The number of rotatable bonds is 13. The Morgan fingerprint density at radius 3 is 2.35 bits per heavy atom. The molecule has 2 amide bonds. The minimum absolute atomic E-state index is 0.0367. The molecule has 0 bridgehead atoms. The van der Waals surface area contributed by atoms with Gasteiger partial charge in [0.15, 0.2) is 11.5 Å². The summed E-state index contributed by atoms with van der Waals surface area (Å²) in [7, 11) is 4.79. The van der Waals surface area contributed by atoms with Gasteiger partial charge in [-0.05, 0) is 61.4 Å². The van der Waals surface area contributed by atoms with Crippen LogP contribution in [0.1, 0.15) is 25.7 Å². The summed E-state index contributed by atoms with van der Waals surface area (Å²) in [4.78, 5) is 32.6. The Bertz CT molecular complexity index is 1200. The molecule has 1 heterocycles. The standard InChI is InChI=1S/C28H33BrN2O5S/c1-20-8-10-24(37-20)18-30(13-12-21-9-11-25(35-3)26(16-21)36-4)27(32)19-31(14-15-34-2)28(33)22-6-5-7-23(29)17-22/h5-11,16-17H,12-15,18-19H2,1-4H3. The van der Waals surface area contributed by atoms with Gasteiger partial charge in [-0.15, -0.1) is 11.3 Å². The molecule has 0 N–H and O–H groups in total. The molecular formula is C28H33BrN2O5S. The van der Waals surface area contributed by atoms with Gasteiger partial charge < -0.3 is 24.0 Å². The van der Waals surface area contributed by atoms with E-state index in [9.17, 15) is 9.59 Å². The molecule has 0 aliphatic rings. The lowest BCUT2D eigenvalue weighted by Crippen LogP contribution is -2.44. The number of benzene rings is 2. The zero-order chi connectivity index (χ0) is 26.8. The molecule has 0 atom stereocenters. The summed E-state index contributed by atoms with van der Waals surface area (Å²) >= 11 is 5.09. The highest BCUT2D eigenvalue weighted by molar-refractivity contribution is 9.10. The van der Waals surface area contributed by atoms with Crippen LogP contribution in [-0.2, 0) is 22.5 Å². The second kappa shape index (κ2) is 14.2. The molecule has 7 nitrogen and oxygen atoms in total. The molecule has 2 aromatic carbocycles.